The second kappa shape index (κ2) is 8.65. The van der Waals surface area contributed by atoms with Gasteiger partial charge in [0.25, 0.3) is 0 Å². The van der Waals surface area contributed by atoms with Gasteiger partial charge in [-0.25, -0.2) is 0 Å². The standard InChI is InChI=1S/C21H27NO2/c1-15-11-17(3)19(12-16(15)2)14-22-20(9-10-21(23)24)13-18-7-5-4-6-8-18/h4-8,11-12,20,22H,9-10,13-14H2,1-3H3,(H,23,24). The molecular weight excluding hydrogens is 298 g/mol. The summed E-state index contributed by atoms with van der Waals surface area (Å²) in [6, 6.07) is 14.8. The van der Waals surface area contributed by atoms with E-state index in [0.29, 0.717) is 6.42 Å². The van der Waals surface area contributed by atoms with Gasteiger partial charge in [-0.05, 0) is 61.4 Å². The van der Waals surface area contributed by atoms with Gasteiger partial charge in [-0.1, -0.05) is 42.5 Å². The lowest BCUT2D eigenvalue weighted by molar-refractivity contribution is -0.137. The maximum absolute atomic E-state index is 10.9. The van der Waals surface area contributed by atoms with Gasteiger partial charge in [0.15, 0.2) is 0 Å². The van der Waals surface area contributed by atoms with Crippen LogP contribution < -0.4 is 5.32 Å². The zero-order chi connectivity index (χ0) is 17.5. The van der Waals surface area contributed by atoms with Crippen molar-refractivity contribution in [1.82, 2.24) is 5.32 Å². The molecule has 0 aliphatic rings. The highest BCUT2D eigenvalue weighted by atomic mass is 16.4. The summed E-state index contributed by atoms with van der Waals surface area (Å²) in [5, 5.41) is 12.6. The van der Waals surface area contributed by atoms with Crippen molar-refractivity contribution in [2.45, 2.75) is 52.6 Å². The lowest BCUT2D eigenvalue weighted by Crippen LogP contribution is -2.31. The van der Waals surface area contributed by atoms with Crippen molar-refractivity contribution in [1.29, 1.82) is 0 Å². The Kier molecular flexibility index (Phi) is 6.56. The summed E-state index contributed by atoms with van der Waals surface area (Å²) in [5.41, 5.74) is 6.40. The van der Waals surface area contributed by atoms with E-state index in [2.05, 4.69) is 50.4 Å². The maximum Gasteiger partial charge on any atom is 0.303 e. The minimum absolute atomic E-state index is 0.157. The molecular formula is C21H27NO2. The molecule has 3 heteroatoms. The first-order valence-corrected chi connectivity index (χ1v) is 8.51. The molecule has 0 fully saturated rings. The van der Waals surface area contributed by atoms with Gasteiger partial charge < -0.3 is 10.4 Å². The van der Waals surface area contributed by atoms with E-state index in [4.69, 9.17) is 5.11 Å². The van der Waals surface area contributed by atoms with E-state index in [1.54, 1.807) is 0 Å². The lowest BCUT2D eigenvalue weighted by Gasteiger charge is -2.20. The molecule has 0 aliphatic heterocycles. The van der Waals surface area contributed by atoms with E-state index in [1.165, 1.54) is 27.8 Å². The molecule has 128 valence electrons. The predicted octanol–water partition coefficient (Wildman–Crippen LogP) is 4.18. The molecule has 2 aromatic carbocycles. The third-order valence-corrected chi connectivity index (χ3v) is 4.57. The molecule has 2 N–H and O–H groups in total. The molecule has 0 spiro atoms. The number of aliphatic carboxylic acids is 1. The Balaban J connectivity index is 2.04. The molecule has 0 saturated heterocycles. The molecule has 0 bridgehead atoms. The van der Waals surface area contributed by atoms with Crippen LogP contribution in [0, 0.1) is 20.8 Å². The monoisotopic (exact) mass is 325 g/mol. The Morgan fingerprint density at radius 2 is 1.71 bits per heavy atom. The summed E-state index contributed by atoms with van der Waals surface area (Å²) in [4.78, 5) is 10.9. The van der Waals surface area contributed by atoms with Crippen LogP contribution in [0.2, 0.25) is 0 Å². The first-order chi connectivity index (χ1) is 11.5. The minimum Gasteiger partial charge on any atom is -0.481 e. The number of rotatable bonds is 8. The first kappa shape index (κ1) is 18.2. The Morgan fingerprint density at radius 3 is 2.38 bits per heavy atom. The third kappa shape index (κ3) is 5.50. The lowest BCUT2D eigenvalue weighted by atomic mass is 9.99. The topological polar surface area (TPSA) is 49.3 Å². The number of carboxylic acid groups (broad SMARTS) is 1. The van der Waals surface area contributed by atoms with Crippen LogP contribution >= 0.6 is 0 Å². The molecule has 3 nitrogen and oxygen atoms in total. The van der Waals surface area contributed by atoms with Gasteiger partial charge >= 0.3 is 5.97 Å². The Hall–Kier alpha value is -2.13. The fourth-order valence-corrected chi connectivity index (χ4v) is 2.94. The van der Waals surface area contributed by atoms with Gasteiger partial charge in [-0.15, -0.1) is 0 Å². The number of carbonyl (C=O) groups is 1. The van der Waals surface area contributed by atoms with Gasteiger partial charge in [0.05, 0.1) is 0 Å². The van der Waals surface area contributed by atoms with Crippen LogP contribution in [0.1, 0.15) is 40.7 Å². The highest BCUT2D eigenvalue weighted by molar-refractivity contribution is 5.66. The second-order valence-electron chi connectivity index (χ2n) is 6.56. The van der Waals surface area contributed by atoms with E-state index in [9.17, 15) is 4.79 Å². The Bertz CT molecular complexity index is 680. The average Bonchev–Trinajstić information content (AvgIpc) is 2.55. The van der Waals surface area contributed by atoms with Crippen molar-refractivity contribution < 1.29 is 9.90 Å². The largest absolute Gasteiger partial charge is 0.481 e. The number of carboxylic acids is 1. The number of hydrogen-bond acceptors (Lipinski definition) is 2. The summed E-state index contributed by atoms with van der Waals surface area (Å²) < 4.78 is 0. The van der Waals surface area contributed by atoms with E-state index in [-0.39, 0.29) is 12.5 Å². The molecule has 0 amide bonds. The highest BCUT2D eigenvalue weighted by Gasteiger charge is 2.12. The van der Waals surface area contributed by atoms with E-state index in [1.807, 2.05) is 18.2 Å². The Morgan fingerprint density at radius 1 is 1.04 bits per heavy atom. The molecule has 2 rings (SSSR count). The molecule has 0 saturated carbocycles. The van der Waals surface area contributed by atoms with Crippen molar-refractivity contribution in [3.63, 3.8) is 0 Å². The van der Waals surface area contributed by atoms with E-state index >= 15 is 0 Å². The van der Waals surface area contributed by atoms with Gasteiger partial charge in [-0.3, -0.25) is 4.79 Å². The second-order valence-corrected chi connectivity index (χ2v) is 6.56. The summed E-state index contributed by atoms with van der Waals surface area (Å²) in [6.07, 6.45) is 1.67. The van der Waals surface area contributed by atoms with Crippen LogP contribution in [0.4, 0.5) is 0 Å². The van der Waals surface area contributed by atoms with Crippen molar-refractivity contribution in [2.75, 3.05) is 0 Å². The summed E-state index contributed by atoms with van der Waals surface area (Å²) >= 11 is 0. The summed E-state index contributed by atoms with van der Waals surface area (Å²) in [7, 11) is 0. The SMILES string of the molecule is Cc1cc(C)c(CNC(CCC(=O)O)Cc2ccccc2)cc1C. The van der Waals surface area contributed by atoms with Crippen molar-refractivity contribution in [3.05, 3.63) is 70.3 Å². The van der Waals surface area contributed by atoms with Crippen LogP contribution in [-0.4, -0.2) is 17.1 Å². The van der Waals surface area contributed by atoms with Crippen LogP contribution in [-0.2, 0) is 17.8 Å². The molecule has 2 aromatic rings. The fraction of sp³-hybridized carbons (Fsp3) is 0.381. The van der Waals surface area contributed by atoms with Crippen molar-refractivity contribution in [2.24, 2.45) is 0 Å². The maximum atomic E-state index is 10.9. The molecule has 0 aromatic heterocycles. The number of benzene rings is 2. The van der Waals surface area contributed by atoms with Crippen LogP contribution in [0.25, 0.3) is 0 Å². The van der Waals surface area contributed by atoms with Crippen molar-refractivity contribution in [3.8, 4) is 0 Å². The Labute approximate surface area is 144 Å². The van der Waals surface area contributed by atoms with Crippen LogP contribution in [0.3, 0.4) is 0 Å². The smallest absolute Gasteiger partial charge is 0.303 e. The zero-order valence-corrected chi connectivity index (χ0v) is 14.8. The molecule has 1 unspecified atom stereocenters. The minimum atomic E-state index is -0.739. The number of aryl methyl sites for hydroxylation is 3. The van der Waals surface area contributed by atoms with Gasteiger partial charge in [-0.2, -0.15) is 0 Å². The van der Waals surface area contributed by atoms with Crippen molar-refractivity contribution >= 4 is 5.97 Å². The predicted molar refractivity (Wildman–Crippen MR) is 98.3 cm³/mol. The number of nitrogens with one attached hydrogen (secondary N) is 1. The summed E-state index contributed by atoms with van der Waals surface area (Å²) in [5.74, 6) is -0.739. The highest BCUT2D eigenvalue weighted by Crippen LogP contribution is 2.16. The van der Waals surface area contributed by atoms with E-state index < -0.39 is 5.97 Å². The van der Waals surface area contributed by atoms with Gasteiger partial charge in [0.1, 0.15) is 0 Å². The summed E-state index contributed by atoms with van der Waals surface area (Å²) in [6.45, 7) is 7.16. The normalized spacial score (nSPS) is 12.1. The average molecular weight is 325 g/mol. The fourth-order valence-electron chi connectivity index (χ4n) is 2.94. The zero-order valence-electron chi connectivity index (χ0n) is 14.8. The third-order valence-electron chi connectivity index (χ3n) is 4.57. The number of hydrogen-bond donors (Lipinski definition) is 2. The molecule has 0 radical (unpaired) electrons. The molecule has 24 heavy (non-hydrogen) atoms. The molecule has 1 atom stereocenters. The van der Waals surface area contributed by atoms with Crippen LogP contribution in [0.15, 0.2) is 42.5 Å². The van der Waals surface area contributed by atoms with E-state index in [0.717, 1.165) is 13.0 Å². The quantitative estimate of drug-likeness (QED) is 0.765. The molecule has 0 aliphatic carbocycles. The molecule has 0 heterocycles. The van der Waals surface area contributed by atoms with Crippen LogP contribution in [0.5, 0.6) is 0 Å². The first-order valence-electron chi connectivity index (χ1n) is 8.51. The van der Waals surface area contributed by atoms with Gasteiger partial charge in [0.2, 0.25) is 0 Å². The van der Waals surface area contributed by atoms with Gasteiger partial charge in [0, 0.05) is 19.0 Å².